The maximum atomic E-state index is 10.2. The van der Waals surface area contributed by atoms with Gasteiger partial charge in [0.1, 0.15) is 29.3 Å². The molecule has 3 rings (SSSR count). The van der Waals surface area contributed by atoms with Crippen LogP contribution in [0.2, 0.25) is 0 Å². The number of hydrogen-bond acceptors (Lipinski definition) is 4. The standard InChI is InChI=1S/C15H14IO4P/c16-21-20-14-7-5-13(6-8-14)19-12-3-1-11(2-4-12)15(17)9-18-10-15/h1-8,17,21H,9-10H2. The van der Waals surface area contributed by atoms with Crippen LogP contribution in [0.5, 0.6) is 17.2 Å². The van der Waals surface area contributed by atoms with Crippen molar-refractivity contribution in [3.63, 3.8) is 0 Å². The van der Waals surface area contributed by atoms with Crippen molar-refractivity contribution in [2.24, 2.45) is 0 Å². The first kappa shape index (κ1) is 15.0. The van der Waals surface area contributed by atoms with E-state index < -0.39 is 5.60 Å². The SMILES string of the molecule is OC1(c2ccc(Oc3ccc(OPI)cc3)cc2)COC1. The van der Waals surface area contributed by atoms with Gasteiger partial charge in [0.15, 0.2) is 0 Å². The number of benzene rings is 2. The highest BCUT2D eigenvalue weighted by molar-refractivity contribution is 14.2. The van der Waals surface area contributed by atoms with Crippen molar-refractivity contribution in [3.05, 3.63) is 54.1 Å². The molecule has 2 aromatic rings. The third-order valence-electron chi connectivity index (χ3n) is 3.29. The summed E-state index contributed by atoms with van der Waals surface area (Å²) in [4.78, 5) is 0. The second-order valence-corrected chi connectivity index (χ2v) is 6.48. The van der Waals surface area contributed by atoms with Gasteiger partial charge in [-0.2, -0.15) is 0 Å². The van der Waals surface area contributed by atoms with E-state index in [0.717, 1.165) is 22.8 Å². The van der Waals surface area contributed by atoms with Gasteiger partial charge in [-0.05, 0) is 64.0 Å². The van der Waals surface area contributed by atoms with Gasteiger partial charge in [-0.1, -0.05) is 12.1 Å². The van der Waals surface area contributed by atoms with Crippen LogP contribution in [-0.2, 0) is 10.3 Å². The van der Waals surface area contributed by atoms with Crippen LogP contribution in [0.4, 0.5) is 0 Å². The zero-order valence-corrected chi connectivity index (χ0v) is 14.2. The molecule has 1 saturated heterocycles. The van der Waals surface area contributed by atoms with Crippen molar-refractivity contribution < 1.29 is 19.1 Å². The lowest BCUT2D eigenvalue weighted by Gasteiger charge is -2.36. The number of hydrogen-bond donors (Lipinski definition) is 1. The molecule has 0 saturated carbocycles. The number of aliphatic hydroxyl groups is 1. The molecule has 0 bridgehead atoms. The largest absolute Gasteiger partial charge is 0.467 e. The van der Waals surface area contributed by atoms with Gasteiger partial charge in [-0.3, -0.25) is 0 Å². The zero-order valence-electron chi connectivity index (χ0n) is 11.1. The molecule has 2 aromatic carbocycles. The minimum Gasteiger partial charge on any atom is -0.467 e. The smallest absolute Gasteiger partial charge is 0.137 e. The maximum Gasteiger partial charge on any atom is 0.137 e. The van der Waals surface area contributed by atoms with Gasteiger partial charge >= 0.3 is 0 Å². The Bertz CT molecular complexity index is 596. The van der Waals surface area contributed by atoms with Gasteiger partial charge in [0.05, 0.1) is 13.2 Å². The van der Waals surface area contributed by atoms with E-state index >= 15 is 0 Å². The quantitative estimate of drug-likeness (QED) is 0.591. The molecule has 1 unspecified atom stereocenters. The Morgan fingerprint density at radius 2 is 1.48 bits per heavy atom. The van der Waals surface area contributed by atoms with Crippen LogP contribution in [0.15, 0.2) is 48.5 Å². The van der Waals surface area contributed by atoms with Crippen LogP contribution >= 0.6 is 28.5 Å². The number of rotatable bonds is 5. The molecule has 4 nitrogen and oxygen atoms in total. The minimum atomic E-state index is -0.836. The van der Waals surface area contributed by atoms with Gasteiger partial charge in [-0.25, -0.2) is 0 Å². The Morgan fingerprint density at radius 3 is 1.95 bits per heavy atom. The summed E-state index contributed by atoms with van der Waals surface area (Å²) in [6.07, 6.45) is 0. The summed E-state index contributed by atoms with van der Waals surface area (Å²) in [7, 11) is 0. The molecule has 1 N–H and O–H groups in total. The van der Waals surface area contributed by atoms with E-state index in [9.17, 15) is 5.11 Å². The second kappa shape index (κ2) is 6.48. The first-order chi connectivity index (χ1) is 10.2. The third kappa shape index (κ3) is 3.48. The Morgan fingerprint density at radius 1 is 0.952 bits per heavy atom. The van der Waals surface area contributed by atoms with Crippen LogP contribution in [0, 0.1) is 0 Å². The predicted molar refractivity (Wildman–Crippen MR) is 90.6 cm³/mol. The fraction of sp³-hybridized carbons (Fsp3) is 0.200. The summed E-state index contributed by atoms with van der Waals surface area (Å²) >= 11 is 2.18. The molecule has 110 valence electrons. The molecule has 6 heteroatoms. The van der Waals surface area contributed by atoms with E-state index in [1.165, 1.54) is 0 Å². The van der Waals surface area contributed by atoms with Crippen LogP contribution in [-0.4, -0.2) is 18.3 Å². The maximum absolute atomic E-state index is 10.2. The van der Waals surface area contributed by atoms with Crippen molar-refractivity contribution in [2.45, 2.75) is 5.60 Å². The molecular formula is C15H14IO4P. The van der Waals surface area contributed by atoms with Crippen LogP contribution in [0.25, 0.3) is 0 Å². The zero-order chi connectivity index (χ0) is 14.7. The lowest BCUT2D eigenvalue weighted by atomic mass is 9.92. The number of halogens is 1. The molecule has 1 heterocycles. The highest BCUT2D eigenvalue weighted by atomic mass is 127. The molecule has 1 aliphatic heterocycles. The van der Waals surface area contributed by atoms with Gasteiger partial charge in [0, 0.05) is 0 Å². The van der Waals surface area contributed by atoms with E-state index in [0.29, 0.717) is 19.7 Å². The summed E-state index contributed by atoms with van der Waals surface area (Å²) in [5.74, 6) is 2.31. The van der Waals surface area contributed by atoms with Crippen LogP contribution in [0.1, 0.15) is 5.56 Å². The van der Waals surface area contributed by atoms with Crippen molar-refractivity contribution in [1.29, 1.82) is 0 Å². The van der Waals surface area contributed by atoms with Gasteiger partial charge in [-0.15, -0.1) is 0 Å². The van der Waals surface area contributed by atoms with E-state index in [1.807, 2.05) is 48.5 Å². The number of ether oxygens (including phenoxy) is 2. The first-order valence-corrected chi connectivity index (χ1v) is 10.4. The van der Waals surface area contributed by atoms with Gasteiger partial charge in [0.2, 0.25) is 0 Å². The summed E-state index contributed by atoms with van der Waals surface area (Å²) in [6.45, 7) is 1.11. The molecular weight excluding hydrogens is 402 g/mol. The fourth-order valence-electron chi connectivity index (χ4n) is 2.05. The molecule has 1 atom stereocenters. The summed E-state index contributed by atoms with van der Waals surface area (Å²) < 4.78 is 16.2. The fourth-order valence-corrected chi connectivity index (χ4v) is 3.04. The van der Waals surface area contributed by atoms with Gasteiger partial charge < -0.3 is 19.1 Å². The Labute approximate surface area is 137 Å². The molecule has 0 spiro atoms. The van der Waals surface area contributed by atoms with Crippen LogP contribution < -0.4 is 9.26 Å². The molecule has 0 amide bonds. The lowest BCUT2D eigenvalue weighted by Crippen LogP contribution is -2.46. The predicted octanol–water partition coefficient (Wildman–Crippen LogP) is 4.02. The molecule has 0 aliphatic carbocycles. The topological polar surface area (TPSA) is 47.9 Å². The van der Waals surface area contributed by atoms with Crippen molar-refractivity contribution in [3.8, 4) is 17.2 Å². The van der Waals surface area contributed by atoms with Crippen molar-refractivity contribution in [1.82, 2.24) is 0 Å². The molecule has 1 aliphatic rings. The summed E-state index contributed by atoms with van der Waals surface area (Å²) in [6, 6.07) is 14.9. The molecule has 1 fully saturated rings. The Kier molecular flexibility index (Phi) is 4.64. The first-order valence-electron chi connectivity index (χ1n) is 6.41. The Balaban J connectivity index is 1.67. The molecule has 0 radical (unpaired) electrons. The Hall–Kier alpha value is -0.880. The van der Waals surface area contributed by atoms with Crippen LogP contribution in [0.3, 0.4) is 0 Å². The third-order valence-corrected chi connectivity index (χ3v) is 4.26. The van der Waals surface area contributed by atoms with E-state index in [1.54, 1.807) is 0 Å². The minimum absolute atomic E-state index is 0.353. The van der Waals surface area contributed by atoms with Gasteiger partial charge in [0.25, 0.3) is 0 Å². The monoisotopic (exact) mass is 416 g/mol. The molecule has 21 heavy (non-hydrogen) atoms. The summed E-state index contributed by atoms with van der Waals surface area (Å²) in [5.41, 5.74) is 0.0189. The second-order valence-electron chi connectivity index (χ2n) is 4.80. The van der Waals surface area contributed by atoms with E-state index in [4.69, 9.17) is 14.0 Å². The van der Waals surface area contributed by atoms with E-state index in [-0.39, 0.29) is 0 Å². The average molecular weight is 416 g/mol. The van der Waals surface area contributed by atoms with Crippen molar-refractivity contribution in [2.75, 3.05) is 13.2 Å². The van der Waals surface area contributed by atoms with E-state index in [2.05, 4.69) is 22.0 Å². The average Bonchev–Trinajstić information content (AvgIpc) is 2.48. The highest BCUT2D eigenvalue weighted by Gasteiger charge is 2.37. The normalized spacial score (nSPS) is 16.7. The molecule has 0 aromatic heterocycles. The lowest BCUT2D eigenvalue weighted by molar-refractivity contribution is -0.184. The highest BCUT2D eigenvalue weighted by Crippen LogP contribution is 2.32. The van der Waals surface area contributed by atoms with Crippen molar-refractivity contribution >= 4 is 28.5 Å². The summed E-state index contributed by atoms with van der Waals surface area (Å²) in [5, 5.41) is 10.2.